The molecular formula is C20H21ClN2O4S. The second-order valence-corrected chi connectivity index (χ2v) is 8.41. The van der Waals surface area contributed by atoms with E-state index in [-0.39, 0.29) is 11.9 Å². The molecule has 0 radical (unpaired) electrons. The molecule has 1 fully saturated rings. The SMILES string of the molecule is COC(=O)[C@@H]1[C@@H](CCc2ccc(Cl)s2)C(=O)N1C(=O)N[C@H](C)c1ccccc1. The first kappa shape index (κ1) is 20.4. The largest absolute Gasteiger partial charge is 0.467 e. The average Bonchev–Trinajstić information content (AvgIpc) is 3.11. The molecule has 1 aromatic heterocycles. The van der Waals surface area contributed by atoms with Crippen LogP contribution in [-0.2, 0) is 20.7 Å². The Bertz CT molecular complexity index is 870. The molecule has 1 saturated heterocycles. The van der Waals surface area contributed by atoms with Crippen molar-refractivity contribution in [3.8, 4) is 0 Å². The summed E-state index contributed by atoms with van der Waals surface area (Å²) in [7, 11) is 1.25. The van der Waals surface area contributed by atoms with E-state index in [1.54, 1.807) is 6.07 Å². The van der Waals surface area contributed by atoms with Crippen molar-refractivity contribution in [3.05, 3.63) is 57.2 Å². The fourth-order valence-electron chi connectivity index (χ4n) is 3.31. The molecule has 2 aromatic rings. The Kier molecular flexibility index (Phi) is 6.36. The van der Waals surface area contributed by atoms with E-state index in [4.69, 9.17) is 16.3 Å². The molecule has 0 saturated carbocycles. The van der Waals surface area contributed by atoms with Crippen LogP contribution in [0.4, 0.5) is 4.79 Å². The second-order valence-electron chi connectivity index (χ2n) is 6.61. The van der Waals surface area contributed by atoms with Gasteiger partial charge in [-0.05, 0) is 37.5 Å². The molecule has 148 valence electrons. The minimum atomic E-state index is -0.907. The number of carbonyl (C=O) groups excluding carboxylic acids is 3. The maximum absolute atomic E-state index is 12.6. The van der Waals surface area contributed by atoms with E-state index < -0.39 is 24.0 Å². The van der Waals surface area contributed by atoms with E-state index >= 15 is 0 Å². The van der Waals surface area contributed by atoms with Gasteiger partial charge in [-0.1, -0.05) is 41.9 Å². The molecule has 1 aliphatic heterocycles. The third-order valence-electron chi connectivity index (χ3n) is 4.85. The van der Waals surface area contributed by atoms with Gasteiger partial charge in [0.25, 0.3) is 0 Å². The molecule has 6 nitrogen and oxygen atoms in total. The van der Waals surface area contributed by atoms with Crippen molar-refractivity contribution < 1.29 is 19.1 Å². The number of likely N-dealkylation sites (tertiary alicyclic amines) is 1. The highest BCUT2D eigenvalue weighted by Crippen LogP contribution is 2.33. The predicted molar refractivity (Wildman–Crippen MR) is 107 cm³/mol. The van der Waals surface area contributed by atoms with E-state index in [1.165, 1.54) is 18.4 Å². The van der Waals surface area contributed by atoms with Gasteiger partial charge < -0.3 is 10.1 Å². The Morgan fingerprint density at radius 1 is 1.25 bits per heavy atom. The van der Waals surface area contributed by atoms with Gasteiger partial charge in [-0.25, -0.2) is 14.5 Å². The number of carbonyl (C=O) groups is 3. The van der Waals surface area contributed by atoms with Crippen LogP contribution in [0.25, 0.3) is 0 Å². The molecule has 3 atom stereocenters. The quantitative estimate of drug-likeness (QED) is 0.569. The highest BCUT2D eigenvalue weighted by molar-refractivity contribution is 7.16. The highest BCUT2D eigenvalue weighted by Gasteiger charge is 2.55. The van der Waals surface area contributed by atoms with E-state index in [2.05, 4.69) is 5.32 Å². The summed E-state index contributed by atoms with van der Waals surface area (Å²) in [5.41, 5.74) is 0.907. The van der Waals surface area contributed by atoms with Gasteiger partial charge >= 0.3 is 12.0 Å². The zero-order valence-corrected chi connectivity index (χ0v) is 17.1. The number of esters is 1. The maximum atomic E-state index is 12.6. The third-order valence-corrected chi connectivity index (χ3v) is 6.14. The van der Waals surface area contributed by atoms with Crippen LogP contribution in [0.2, 0.25) is 4.34 Å². The minimum absolute atomic E-state index is 0.299. The molecule has 1 N–H and O–H groups in total. The zero-order valence-electron chi connectivity index (χ0n) is 15.6. The topological polar surface area (TPSA) is 75.7 Å². The van der Waals surface area contributed by atoms with Gasteiger partial charge in [-0.15, -0.1) is 11.3 Å². The highest BCUT2D eigenvalue weighted by atomic mass is 35.5. The van der Waals surface area contributed by atoms with Gasteiger partial charge in [0.1, 0.15) is 0 Å². The summed E-state index contributed by atoms with van der Waals surface area (Å²) in [4.78, 5) is 39.5. The fraction of sp³-hybridized carbons (Fsp3) is 0.350. The van der Waals surface area contributed by atoms with E-state index in [0.717, 1.165) is 15.3 Å². The maximum Gasteiger partial charge on any atom is 0.329 e. The number of imide groups is 1. The van der Waals surface area contributed by atoms with Crippen LogP contribution < -0.4 is 5.32 Å². The van der Waals surface area contributed by atoms with Crippen LogP contribution in [0, 0.1) is 5.92 Å². The van der Waals surface area contributed by atoms with Crippen molar-refractivity contribution in [3.63, 3.8) is 0 Å². The average molecular weight is 421 g/mol. The summed E-state index contributed by atoms with van der Waals surface area (Å²) >= 11 is 7.37. The lowest BCUT2D eigenvalue weighted by Crippen LogP contribution is -2.68. The summed E-state index contributed by atoms with van der Waals surface area (Å²) in [5.74, 6) is -1.53. The Morgan fingerprint density at radius 2 is 1.96 bits per heavy atom. The lowest BCUT2D eigenvalue weighted by molar-refractivity contribution is -0.168. The van der Waals surface area contributed by atoms with E-state index in [0.29, 0.717) is 17.2 Å². The van der Waals surface area contributed by atoms with E-state index in [9.17, 15) is 14.4 Å². The molecule has 0 spiro atoms. The van der Waals surface area contributed by atoms with Crippen LogP contribution in [0.3, 0.4) is 0 Å². The first-order chi connectivity index (χ1) is 13.4. The first-order valence-electron chi connectivity index (χ1n) is 8.93. The third kappa shape index (κ3) is 4.20. The standard InChI is InChI=1S/C20H21ClN2O4S/c1-12(13-6-4-3-5-7-13)22-20(26)23-17(19(25)27-2)15(18(23)24)10-8-14-9-11-16(21)28-14/h3-7,9,11-12,15,17H,8,10H2,1-2H3,(H,22,26)/t12-,15-,17+/m1/s1. The number of nitrogens with zero attached hydrogens (tertiary/aromatic N) is 1. The number of halogens is 1. The normalized spacial score (nSPS) is 19.7. The van der Waals surface area contributed by atoms with Crippen LogP contribution in [0.1, 0.15) is 29.8 Å². The van der Waals surface area contributed by atoms with Crippen molar-refractivity contribution in [1.82, 2.24) is 10.2 Å². The zero-order chi connectivity index (χ0) is 20.3. The van der Waals surface area contributed by atoms with Gasteiger partial charge in [-0.3, -0.25) is 4.79 Å². The van der Waals surface area contributed by atoms with Crippen molar-refractivity contribution in [1.29, 1.82) is 0 Å². The summed E-state index contributed by atoms with van der Waals surface area (Å²) < 4.78 is 5.50. The van der Waals surface area contributed by atoms with Crippen molar-refractivity contribution >= 4 is 40.8 Å². The predicted octanol–water partition coefficient (Wildman–Crippen LogP) is 3.80. The Labute approximate surface area is 172 Å². The second kappa shape index (κ2) is 8.75. The number of benzene rings is 1. The van der Waals surface area contributed by atoms with Gasteiger partial charge in [-0.2, -0.15) is 0 Å². The summed E-state index contributed by atoms with van der Waals surface area (Å²) in [6, 6.07) is 11.3. The molecule has 2 heterocycles. The number of β-lactam (4-membered cyclic amide) rings is 1. The number of urea groups is 1. The minimum Gasteiger partial charge on any atom is -0.467 e. The Morgan fingerprint density at radius 3 is 2.57 bits per heavy atom. The number of ether oxygens (including phenoxy) is 1. The van der Waals surface area contributed by atoms with Crippen LogP contribution in [0.15, 0.2) is 42.5 Å². The summed E-state index contributed by atoms with van der Waals surface area (Å²) in [5, 5.41) is 2.78. The smallest absolute Gasteiger partial charge is 0.329 e. The number of methoxy groups -OCH3 is 1. The Balaban J connectivity index is 1.67. The molecule has 1 aliphatic rings. The number of rotatable bonds is 6. The Hall–Kier alpha value is -2.38. The van der Waals surface area contributed by atoms with Gasteiger partial charge in [0, 0.05) is 4.88 Å². The fourth-order valence-corrected chi connectivity index (χ4v) is 4.41. The monoisotopic (exact) mass is 420 g/mol. The molecule has 0 bridgehead atoms. The molecule has 8 heteroatoms. The number of hydrogen-bond acceptors (Lipinski definition) is 5. The summed E-state index contributed by atoms with van der Waals surface area (Å²) in [6.45, 7) is 1.82. The number of thiophene rings is 1. The van der Waals surface area contributed by atoms with Gasteiger partial charge in [0.05, 0.1) is 23.4 Å². The molecule has 1 aromatic carbocycles. The van der Waals surface area contributed by atoms with Crippen molar-refractivity contribution in [2.24, 2.45) is 5.92 Å². The van der Waals surface area contributed by atoms with Crippen molar-refractivity contribution in [2.75, 3.05) is 7.11 Å². The lowest BCUT2D eigenvalue weighted by atomic mass is 9.83. The van der Waals surface area contributed by atoms with Gasteiger partial charge in [0.2, 0.25) is 5.91 Å². The number of nitrogens with one attached hydrogen (secondary N) is 1. The molecular weight excluding hydrogens is 400 g/mol. The van der Waals surface area contributed by atoms with Crippen LogP contribution in [-0.4, -0.2) is 36.0 Å². The molecule has 28 heavy (non-hydrogen) atoms. The number of amides is 3. The number of hydrogen-bond donors (Lipinski definition) is 1. The molecule has 3 rings (SSSR count). The summed E-state index contributed by atoms with van der Waals surface area (Å²) in [6.07, 6.45) is 1.06. The first-order valence-corrected chi connectivity index (χ1v) is 10.1. The molecule has 3 amide bonds. The van der Waals surface area contributed by atoms with Crippen LogP contribution >= 0.6 is 22.9 Å². The molecule has 0 unspecified atom stereocenters. The van der Waals surface area contributed by atoms with Gasteiger partial charge in [0.15, 0.2) is 6.04 Å². The van der Waals surface area contributed by atoms with Crippen molar-refractivity contribution in [2.45, 2.75) is 31.8 Å². The van der Waals surface area contributed by atoms with Crippen LogP contribution in [0.5, 0.6) is 0 Å². The number of aryl methyl sites for hydroxylation is 1. The van der Waals surface area contributed by atoms with E-state index in [1.807, 2.05) is 43.3 Å². The molecule has 0 aliphatic carbocycles. The lowest BCUT2D eigenvalue weighted by Gasteiger charge is -2.43.